The van der Waals surface area contributed by atoms with Crippen molar-refractivity contribution in [1.29, 1.82) is 0 Å². The fourth-order valence-corrected chi connectivity index (χ4v) is 3.01. The first kappa shape index (κ1) is 14.4. The van der Waals surface area contributed by atoms with Gasteiger partial charge in [-0.1, -0.05) is 24.3 Å². The molecule has 3 heteroatoms. The molecule has 2 heterocycles. The Kier molecular flexibility index (Phi) is 3.47. The van der Waals surface area contributed by atoms with Crippen molar-refractivity contribution in [3.05, 3.63) is 78.2 Å². The van der Waals surface area contributed by atoms with Gasteiger partial charge in [-0.25, -0.2) is 9.55 Å². The molecule has 0 aliphatic rings. The van der Waals surface area contributed by atoms with Crippen molar-refractivity contribution < 1.29 is 4.57 Å². The molecule has 24 heavy (non-hydrogen) atoms. The highest BCUT2D eigenvalue weighted by Gasteiger charge is 2.07. The standard InChI is InChI=1S/C21H18N3/c1-24-12-4-5-15(14-24)8-11-21-19-13-16(22)9-10-17(19)18-6-2-3-7-20(18)23-21/h2-14H,22H2,1H3/q+1/b11-8+. The van der Waals surface area contributed by atoms with Crippen LogP contribution in [-0.2, 0) is 7.05 Å². The predicted octanol–water partition coefficient (Wildman–Crippen LogP) is 3.97. The van der Waals surface area contributed by atoms with Gasteiger partial charge in [0.1, 0.15) is 7.05 Å². The van der Waals surface area contributed by atoms with E-state index < -0.39 is 0 Å². The number of nitrogens with zero attached hydrogens (tertiary/aromatic N) is 2. The van der Waals surface area contributed by atoms with E-state index in [1.165, 1.54) is 5.39 Å². The molecule has 4 rings (SSSR count). The summed E-state index contributed by atoms with van der Waals surface area (Å²) in [7, 11) is 2.02. The van der Waals surface area contributed by atoms with E-state index in [0.717, 1.165) is 33.2 Å². The smallest absolute Gasteiger partial charge is 0.175 e. The van der Waals surface area contributed by atoms with Crippen molar-refractivity contribution in [2.75, 3.05) is 5.73 Å². The summed E-state index contributed by atoms with van der Waals surface area (Å²) >= 11 is 0. The highest BCUT2D eigenvalue weighted by Crippen LogP contribution is 2.29. The van der Waals surface area contributed by atoms with Gasteiger partial charge < -0.3 is 5.73 Å². The van der Waals surface area contributed by atoms with Crippen LogP contribution in [-0.4, -0.2) is 4.98 Å². The number of aryl methyl sites for hydroxylation is 1. The van der Waals surface area contributed by atoms with Crippen molar-refractivity contribution in [1.82, 2.24) is 4.98 Å². The molecular weight excluding hydrogens is 294 g/mol. The van der Waals surface area contributed by atoms with Crippen LogP contribution in [0.1, 0.15) is 11.3 Å². The van der Waals surface area contributed by atoms with Gasteiger partial charge >= 0.3 is 0 Å². The quantitative estimate of drug-likeness (QED) is 0.346. The number of hydrogen-bond donors (Lipinski definition) is 1. The van der Waals surface area contributed by atoms with Crippen LogP contribution in [0, 0.1) is 0 Å². The molecule has 0 bridgehead atoms. The van der Waals surface area contributed by atoms with Crippen LogP contribution < -0.4 is 10.3 Å². The molecule has 0 saturated heterocycles. The summed E-state index contributed by atoms with van der Waals surface area (Å²) in [6.07, 6.45) is 8.24. The Morgan fingerprint density at radius 1 is 0.917 bits per heavy atom. The fourth-order valence-electron chi connectivity index (χ4n) is 3.01. The Balaban J connectivity index is 1.94. The Bertz CT molecular complexity index is 1080. The van der Waals surface area contributed by atoms with Gasteiger partial charge in [0.05, 0.1) is 11.2 Å². The minimum absolute atomic E-state index is 0.750. The Morgan fingerprint density at radius 2 is 1.79 bits per heavy atom. The average Bonchev–Trinajstić information content (AvgIpc) is 2.59. The first-order chi connectivity index (χ1) is 11.7. The molecule has 2 N–H and O–H groups in total. The van der Waals surface area contributed by atoms with Crippen molar-refractivity contribution in [3.8, 4) is 0 Å². The number of anilines is 1. The van der Waals surface area contributed by atoms with Crippen molar-refractivity contribution in [2.24, 2.45) is 7.05 Å². The van der Waals surface area contributed by atoms with Gasteiger partial charge in [0.25, 0.3) is 0 Å². The zero-order valence-corrected chi connectivity index (χ0v) is 13.5. The summed E-state index contributed by atoms with van der Waals surface area (Å²) < 4.78 is 2.03. The van der Waals surface area contributed by atoms with E-state index in [1.54, 1.807) is 0 Å². The van der Waals surface area contributed by atoms with E-state index in [1.807, 2.05) is 54.2 Å². The van der Waals surface area contributed by atoms with E-state index in [0.29, 0.717) is 0 Å². The van der Waals surface area contributed by atoms with Crippen LogP contribution in [0.5, 0.6) is 0 Å². The predicted molar refractivity (Wildman–Crippen MR) is 100 cm³/mol. The maximum absolute atomic E-state index is 6.01. The highest BCUT2D eigenvalue weighted by molar-refractivity contribution is 6.09. The van der Waals surface area contributed by atoms with E-state index in [9.17, 15) is 0 Å². The molecule has 0 radical (unpaired) electrons. The maximum Gasteiger partial charge on any atom is 0.175 e. The summed E-state index contributed by atoms with van der Waals surface area (Å²) in [5, 5.41) is 3.40. The minimum Gasteiger partial charge on any atom is -0.399 e. The van der Waals surface area contributed by atoms with Gasteiger partial charge in [0.15, 0.2) is 12.4 Å². The molecule has 0 saturated carbocycles. The molecule has 0 fully saturated rings. The molecule has 0 amide bonds. The molecule has 3 nitrogen and oxygen atoms in total. The molecule has 2 aromatic carbocycles. The third-order valence-corrected chi connectivity index (χ3v) is 4.15. The molecule has 2 aromatic heterocycles. The van der Waals surface area contributed by atoms with E-state index in [-0.39, 0.29) is 0 Å². The van der Waals surface area contributed by atoms with E-state index in [4.69, 9.17) is 10.7 Å². The van der Waals surface area contributed by atoms with Gasteiger partial charge in [-0.2, -0.15) is 0 Å². The number of nitrogens with two attached hydrogens (primary N) is 1. The number of rotatable bonds is 2. The Morgan fingerprint density at radius 3 is 2.67 bits per heavy atom. The molecular formula is C21H18N3+. The number of fused-ring (bicyclic) bond motifs is 3. The first-order valence-electron chi connectivity index (χ1n) is 7.92. The average molecular weight is 312 g/mol. The molecule has 116 valence electrons. The van der Waals surface area contributed by atoms with Crippen molar-refractivity contribution in [2.45, 2.75) is 0 Å². The largest absolute Gasteiger partial charge is 0.399 e. The third-order valence-electron chi connectivity index (χ3n) is 4.15. The second kappa shape index (κ2) is 5.78. The first-order valence-corrected chi connectivity index (χ1v) is 7.92. The van der Waals surface area contributed by atoms with Crippen LogP contribution in [0.4, 0.5) is 5.69 Å². The zero-order chi connectivity index (χ0) is 16.5. The van der Waals surface area contributed by atoms with Gasteiger partial charge in [-0.05, 0) is 41.8 Å². The van der Waals surface area contributed by atoms with Crippen LogP contribution in [0.2, 0.25) is 0 Å². The van der Waals surface area contributed by atoms with Crippen LogP contribution in [0.25, 0.3) is 33.8 Å². The number of para-hydroxylation sites is 1. The highest BCUT2D eigenvalue weighted by atomic mass is 14.9. The number of aromatic nitrogens is 2. The van der Waals surface area contributed by atoms with Gasteiger partial charge in [-0.15, -0.1) is 0 Å². The van der Waals surface area contributed by atoms with E-state index in [2.05, 4.69) is 36.5 Å². The number of hydrogen-bond acceptors (Lipinski definition) is 2. The topological polar surface area (TPSA) is 42.8 Å². The van der Waals surface area contributed by atoms with Crippen LogP contribution >= 0.6 is 0 Å². The second-order valence-electron chi connectivity index (χ2n) is 5.96. The van der Waals surface area contributed by atoms with Gasteiger partial charge in [0, 0.05) is 28.1 Å². The molecule has 4 aromatic rings. The normalized spacial score (nSPS) is 11.5. The number of pyridine rings is 2. The van der Waals surface area contributed by atoms with Crippen LogP contribution in [0.3, 0.4) is 0 Å². The molecule has 0 aliphatic heterocycles. The third kappa shape index (κ3) is 2.61. The summed E-state index contributed by atoms with van der Waals surface area (Å²) in [5.74, 6) is 0. The lowest BCUT2D eigenvalue weighted by atomic mass is 10.0. The van der Waals surface area contributed by atoms with Gasteiger partial charge in [0.2, 0.25) is 0 Å². The zero-order valence-electron chi connectivity index (χ0n) is 13.5. The lowest BCUT2D eigenvalue weighted by molar-refractivity contribution is -0.671. The summed E-state index contributed by atoms with van der Waals surface area (Å²) in [5.41, 5.74) is 9.82. The van der Waals surface area contributed by atoms with Gasteiger partial charge in [-0.3, -0.25) is 0 Å². The maximum atomic E-state index is 6.01. The lowest BCUT2D eigenvalue weighted by Crippen LogP contribution is -2.26. The minimum atomic E-state index is 0.750. The number of benzene rings is 2. The Hall–Kier alpha value is -3.20. The second-order valence-corrected chi connectivity index (χ2v) is 5.96. The molecule has 0 unspecified atom stereocenters. The van der Waals surface area contributed by atoms with E-state index >= 15 is 0 Å². The SMILES string of the molecule is C[n+]1cccc(/C=C/c2nc3ccccc3c3ccc(N)cc23)c1. The lowest BCUT2D eigenvalue weighted by Gasteiger charge is -2.08. The summed E-state index contributed by atoms with van der Waals surface area (Å²) in [6.45, 7) is 0. The Labute approximate surface area is 140 Å². The molecule has 0 atom stereocenters. The van der Waals surface area contributed by atoms with Crippen molar-refractivity contribution >= 4 is 39.5 Å². The van der Waals surface area contributed by atoms with Crippen molar-refractivity contribution in [3.63, 3.8) is 0 Å². The number of nitrogen functional groups attached to an aromatic ring is 1. The monoisotopic (exact) mass is 312 g/mol. The molecule has 0 spiro atoms. The summed E-state index contributed by atoms with van der Waals surface area (Å²) in [6, 6.07) is 18.3. The fraction of sp³-hybridized carbons (Fsp3) is 0.0476. The molecule has 0 aliphatic carbocycles. The van der Waals surface area contributed by atoms with Crippen LogP contribution in [0.15, 0.2) is 67.0 Å². The summed E-state index contributed by atoms with van der Waals surface area (Å²) in [4.78, 5) is 4.83.